The van der Waals surface area contributed by atoms with E-state index in [9.17, 15) is 5.11 Å². The second kappa shape index (κ2) is 7.92. The maximum Gasteiger partial charge on any atom is 0.191 e. The van der Waals surface area contributed by atoms with Crippen molar-refractivity contribution in [2.75, 3.05) is 7.11 Å². The van der Waals surface area contributed by atoms with Gasteiger partial charge in [-0.2, -0.15) is 0 Å². The van der Waals surface area contributed by atoms with Gasteiger partial charge < -0.3 is 18.8 Å². The minimum atomic E-state index is -1.31. The van der Waals surface area contributed by atoms with Crippen LogP contribution in [0.5, 0.6) is 5.75 Å². The zero-order valence-electron chi connectivity index (χ0n) is 17.5. The highest BCUT2D eigenvalue weighted by atomic mass is 35.5. The Kier molecular flexibility index (Phi) is 5.20. The van der Waals surface area contributed by atoms with E-state index in [4.69, 9.17) is 32.4 Å². The first-order chi connectivity index (χ1) is 15.4. The van der Waals surface area contributed by atoms with Crippen LogP contribution >= 0.6 is 23.2 Å². The van der Waals surface area contributed by atoms with Crippen LogP contribution in [0.1, 0.15) is 30.1 Å². The van der Waals surface area contributed by atoms with E-state index in [-0.39, 0.29) is 0 Å². The Balaban J connectivity index is 1.58. The van der Waals surface area contributed by atoms with E-state index in [1.165, 1.54) is 0 Å². The molecule has 2 aromatic carbocycles. The summed E-state index contributed by atoms with van der Waals surface area (Å²) in [5, 5.41) is 21.2. The Morgan fingerprint density at radius 1 is 1.12 bits per heavy atom. The van der Waals surface area contributed by atoms with Gasteiger partial charge >= 0.3 is 0 Å². The highest BCUT2D eigenvalue weighted by Crippen LogP contribution is 2.41. The fraction of sp³-hybridized carbons (Fsp3) is 0.261. The van der Waals surface area contributed by atoms with E-state index >= 15 is 0 Å². The average Bonchev–Trinajstić information content (AvgIpc) is 3.42. The number of hydrogen-bond acceptors (Lipinski definition) is 6. The topological polar surface area (TPSA) is 86.2 Å². The third-order valence-corrected chi connectivity index (χ3v) is 6.52. The maximum absolute atomic E-state index is 11.6. The van der Waals surface area contributed by atoms with Gasteiger partial charge in [0.15, 0.2) is 23.3 Å². The molecule has 0 aliphatic carbocycles. The number of ether oxygens (including phenoxy) is 1. The van der Waals surface area contributed by atoms with Crippen LogP contribution in [0.25, 0.3) is 22.7 Å². The van der Waals surface area contributed by atoms with Crippen LogP contribution in [0.2, 0.25) is 10.0 Å². The van der Waals surface area contributed by atoms with E-state index in [0.717, 1.165) is 17.5 Å². The molecule has 7 nitrogen and oxygen atoms in total. The first-order valence-corrected chi connectivity index (χ1v) is 10.9. The van der Waals surface area contributed by atoms with Crippen LogP contribution in [0.4, 0.5) is 0 Å². The van der Waals surface area contributed by atoms with Crippen molar-refractivity contribution in [3.05, 3.63) is 69.9 Å². The van der Waals surface area contributed by atoms with E-state index in [1.54, 1.807) is 38.4 Å². The number of nitrogens with zero attached hydrogens (tertiary/aromatic N) is 4. The molecule has 0 saturated carbocycles. The number of hydrogen-bond donors (Lipinski definition) is 1. The Bertz CT molecular complexity index is 1320. The molecule has 3 heterocycles. The summed E-state index contributed by atoms with van der Waals surface area (Å²) in [6.07, 6.45) is 2.93. The quantitative estimate of drug-likeness (QED) is 0.438. The molecule has 0 spiro atoms. The summed E-state index contributed by atoms with van der Waals surface area (Å²) in [5.41, 5.74) is 0.945. The Morgan fingerprint density at radius 3 is 2.69 bits per heavy atom. The smallest absolute Gasteiger partial charge is 0.191 e. The standard InChI is InChI=1S/C23H20Cl2N4O3/c1-13-26-12-20(32-13)16-6-4-14(10-19(16)31-2)21-27-28-22-23(30,8-3-9-29(21)22)15-5-7-17(24)18(25)11-15/h4-7,10-12,30H,3,8-9H2,1-2H3. The lowest BCUT2D eigenvalue weighted by Gasteiger charge is -2.32. The summed E-state index contributed by atoms with van der Waals surface area (Å²) in [5.74, 6) is 2.97. The van der Waals surface area contributed by atoms with Gasteiger partial charge in [-0.15, -0.1) is 10.2 Å². The summed E-state index contributed by atoms with van der Waals surface area (Å²) in [4.78, 5) is 4.16. The molecule has 0 bridgehead atoms. The largest absolute Gasteiger partial charge is 0.496 e. The van der Waals surface area contributed by atoms with Crippen LogP contribution in [-0.2, 0) is 12.1 Å². The normalized spacial score (nSPS) is 17.9. The van der Waals surface area contributed by atoms with E-state index in [1.807, 2.05) is 22.8 Å². The van der Waals surface area contributed by atoms with Gasteiger partial charge in [-0.05, 0) is 42.7 Å². The van der Waals surface area contributed by atoms with Gasteiger partial charge in [0.2, 0.25) is 0 Å². The second-order valence-corrected chi connectivity index (χ2v) is 8.56. The minimum absolute atomic E-state index is 0.387. The first kappa shape index (κ1) is 21.0. The lowest BCUT2D eigenvalue weighted by molar-refractivity contribution is 0.0419. The van der Waals surface area contributed by atoms with Crippen LogP contribution < -0.4 is 4.74 Å². The van der Waals surface area contributed by atoms with Crippen LogP contribution in [-0.4, -0.2) is 32.0 Å². The summed E-state index contributed by atoms with van der Waals surface area (Å²) >= 11 is 12.3. The Morgan fingerprint density at radius 2 is 1.97 bits per heavy atom. The number of methoxy groups -OCH3 is 1. The molecule has 9 heteroatoms. The van der Waals surface area contributed by atoms with Crippen molar-refractivity contribution in [1.29, 1.82) is 0 Å². The molecule has 2 aromatic heterocycles. The van der Waals surface area contributed by atoms with Gasteiger partial charge in [0.05, 0.1) is 28.9 Å². The van der Waals surface area contributed by atoms with Crippen LogP contribution in [0.15, 0.2) is 47.0 Å². The fourth-order valence-electron chi connectivity index (χ4n) is 4.19. The summed E-state index contributed by atoms with van der Waals surface area (Å²) in [6, 6.07) is 10.9. The van der Waals surface area contributed by atoms with Crippen molar-refractivity contribution in [2.24, 2.45) is 0 Å². The number of oxazole rings is 1. The monoisotopic (exact) mass is 470 g/mol. The molecular formula is C23H20Cl2N4O3. The second-order valence-electron chi connectivity index (χ2n) is 7.75. The van der Waals surface area contributed by atoms with Gasteiger partial charge in [-0.3, -0.25) is 0 Å². The molecule has 1 aliphatic heterocycles. The third-order valence-electron chi connectivity index (χ3n) is 5.78. The van der Waals surface area contributed by atoms with Crippen LogP contribution in [0.3, 0.4) is 0 Å². The number of benzene rings is 2. The molecule has 0 radical (unpaired) electrons. The van der Waals surface area contributed by atoms with Crippen molar-refractivity contribution < 1.29 is 14.3 Å². The number of fused-ring (bicyclic) bond motifs is 1. The van der Waals surface area contributed by atoms with Gasteiger partial charge in [0, 0.05) is 19.0 Å². The predicted molar refractivity (Wildman–Crippen MR) is 121 cm³/mol. The summed E-state index contributed by atoms with van der Waals surface area (Å²) in [6.45, 7) is 2.48. The van der Waals surface area contributed by atoms with Gasteiger partial charge in [0.25, 0.3) is 0 Å². The molecule has 1 aliphatic rings. The molecule has 5 rings (SSSR count). The van der Waals surface area contributed by atoms with Crippen molar-refractivity contribution in [1.82, 2.24) is 19.7 Å². The molecule has 0 saturated heterocycles. The lowest BCUT2D eigenvalue weighted by Crippen LogP contribution is -2.35. The summed E-state index contributed by atoms with van der Waals surface area (Å²) < 4.78 is 13.2. The molecule has 1 unspecified atom stereocenters. The number of halogens is 2. The first-order valence-electron chi connectivity index (χ1n) is 10.1. The van der Waals surface area contributed by atoms with Gasteiger partial charge in [-0.25, -0.2) is 4.98 Å². The lowest BCUT2D eigenvalue weighted by atomic mass is 9.86. The summed E-state index contributed by atoms with van der Waals surface area (Å²) in [7, 11) is 1.61. The average molecular weight is 471 g/mol. The SMILES string of the molecule is COc1cc(-c2nnc3n2CCCC3(O)c2ccc(Cl)c(Cl)c2)ccc1-c1cnc(C)o1. The third kappa shape index (κ3) is 3.37. The van der Waals surface area contributed by atoms with E-state index < -0.39 is 5.60 Å². The van der Waals surface area contributed by atoms with Crippen molar-refractivity contribution in [3.63, 3.8) is 0 Å². The Hall–Kier alpha value is -2.87. The Labute approximate surface area is 194 Å². The number of aliphatic hydroxyl groups is 1. The molecule has 1 atom stereocenters. The fourth-order valence-corrected chi connectivity index (χ4v) is 4.48. The van der Waals surface area contributed by atoms with Gasteiger partial charge in [0.1, 0.15) is 11.4 Å². The van der Waals surface area contributed by atoms with Crippen molar-refractivity contribution in [3.8, 4) is 28.5 Å². The van der Waals surface area contributed by atoms with Crippen molar-refractivity contribution in [2.45, 2.75) is 31.9 Å². The molecule has 164 valence electrons. The molecular weight excluding hydrogens is 451 g/mol. The molecule has 4 aromatic rings. The number of aryl methyl sites for hydroxylation is 1. The highest BCUT2D eigenvalue weighted by molar-refractivity contribution is 6.42. The van der Waals surface area contributed by atoms with E-state index in [2.05, 4.69) is 15.2 Å². The van der Waals surface area contributed by atoms with E-state index in [0.29, 0.717) is 57.6 Å². The highest BCUT2D eigenvalue weighted by Gasteiger charge is 2.40. The maximum atomic E-state index is 11.6. The van der Waals surface area contributed by atoms with Gasteiger partial charge in [-0.1, -0.05) is 35.3 Å². The minimum Gasteiger partial charge on any atom is -0.496 e. The molecule has 0 fully saturated rings. The molecule has 0 amide bonds. The number of rotatable bonds is 4. The van der Waals surface area contributed by atoms with Crippen molar-refractivity contribution >= 4 is 23.2 Å². The van der Waals surface area contributed by atoms with Crippen LogP contribution in [0, 0.1) is 6.92 Å². The zero-order chi connectivity index (χ0) is 22.5. The zero-order valence-corrected chi connectivity index (χ0v) is 19.0. The number of aromatic nitrogens is 4. The molecule has 1 N–H and O–H groups in total. The molecule has 32 heavy (non-hydrogen) atoms. The predicted octanol–water partition coefficient (Wildman–Crippen LogP) is 5.25.